The van der Waals surface area contributed by atoms with Gasteiger partial charge in [0, 0.05) is 36.0 Å². The van der Waals surface area contributed by atoms with Crippen molar-refractivity contribution in [1.82, 2.24) is 10.3 Å². The molecule has 1 fully saturated rings. The molecule has 0 amide bonds. The van der Waals surface area contributed by atoms with E-state index in [0.29, 0.717) is 6.04 Å². The van der Waals surface area contributed by atoms with E-state index in [-0.39, 0.29) is 5.41 Å². The molecule has 1 aliphatic rings. The van der Waals surface area contributed by atoms with Crippen molar-refractivity contribution in [3.8, 4) is 0 Å². The van der Waals surface area contributed by atoms with Crippen LogP contribution in [0.4, 0.5) is 5.13 Å². The van der Waals surface area contributed by atoms with Gasteiger partial charge in [-0.3, -0.25) is 0 Å². The normalized spacial score (nSPS) is 15.8. The summed E-state index contributed by atoms with van der Waals surface area (Å²) in [5.41, 5.74) is 1.39. The summed E-state index contributed by atoms with van der Waals surface area (Å²) in [5.74, 6) is 0. The van der Waals surface area contributed by atoms with Gasteiger partial charge in [0.1, 0.15) is 0 Å². The van der Waals surface area contributed by atoms with Crippen molar-refractivity contribution >= 4 is 16.5 Å². The van der Waals surface area contributed by atoms with Gasteiger partial charge >= 0.3 is 0 Å². The number of anilines is 1. The molecule has 4 heteroatoms. The van der Waals surface area contributed by atoms with Gasteiger partial charge in [-0.1, -0.05) is 34.6 Å². The van der Waals surface area contributed by atoms with Crippen molar-refractivity contribution in [2.45, 2.75) is 84.3 Å². The van der Waals surface area contributed by atoms with Gasteiger partial charge in [0.25, 0.3) is 0 Å². The Hall–Kier alpha value is -0.610. The molecule has 0 spiro atoms. The SMILES string of the molecule is CCC(CC)N(C)c1nc(C(C)(C)C)c(CNC2CC2)s1. The van der Waals surface area contributed by atoms with E-state index >= 15 is 0 Å². The summed E-state index contributed by atoms with van der Waals surface area (Å²) in [6, 6.07) is 1.34. The zero-order valence-corrected chi connectivity index (χ0v) is 15.3. The van der Waals surface area contributed by atoms with Crippen LogP contribution in [0.15, 0.2) is 0 Å². The summed E-state index contributed by atoms with van der Waals surface area (Å²) in [5, 5.41) is 4.83. The second-order valence-electron chi connectivity index (χ2n) is 7.25. The zero-order valence-electron chi connectivity index (χ0n) is 14.5. The molecule has 0 atom stereocenters. The lowest BCUT2D eigenvalue weighted by molar-refractivity contribution is 0.554. The Morgan fingerprint density at radius 1 is 1.29 bits per heavy atom. The number of hydrogen-bond donors (Lipinski definition) is 1. The minimum Gasteiger partial charge on any atom is -0.348 e. The molecule has 3 nitrogen and oxygen atoms in total. The average Bonchev–Trinajstić information content (AvgIpc) is 3.14. The van der Waals surface area contributed by atoms with Gasteiger partial charge in [0.05, 0.1) is 5.69 Å². The molecule has 1 aromatic heterocycles. The van der Waals surface area contributed by atoms with Crippen LogP contribution in [0.3, 0.4) is 0 Å². The van der Waals surface area contributed by atoms with E-state index in [1.54, 1.807) is 0 Å². The van der Waals surface area contributed by atoms with Gasteiger partial charge < -0.3 is 10.2 Å². The number of aromatic nitrogens is 1. The second kappa shape index (κ2) is 6.66. The van der Waals surface area contributed by atoms with Crippen LogP contribution in [0.1, 0.15) is 70.9 Å². The van der Waals surface area contributed by atoms with E-state index in [4.69, 9.17) is 4.98 Å². The molecule has 0 bridgehead atoms. The van der Waals surface area contributed by atoms with Crippen molar-refractivity contribution < 1.29 is 0 Å². The fourth-order valence-electron chi connectivity index (χ4n) is 2.71. The number of thiazole rings is 1. The molecule has 1 heterocycles. The van der Waals surface area contributed by atoms with E-state index in [1.165, 1.54) is 41.4 Å². The lowest BCUT2D eigenvalue weighted by Crippen LogP contribution is -2.30. The molecule has 1 saturated carbocycles. The van der Waals surface area contributed by atoms with Gasteiger partial charge in [-0.15, -0.1) is 11.3 Å². The Labute approximate surface area is 134 Å². The van der Waals surface area contributed by atoms with Crippen molar-refractivity contribution in [3.63, 3.8) is 0 Å². The lowest BCUT2D eigenvalue weighted by atomic mass is 9.91. The van der Waals surface area contributed by atoms with E-state index < -0.39 is 0 Å². The molecule has 0 unspecified atom stereocenters. The van der Waals surface area contributed by atoms with Crippen molar-refractivity contribution in [2.75, 3.05) is 11.9 Å². The smallest absolute Gasteiger partial charge is 0.185 e. The molecule has 21 heavy (non-hydrogen) atoms. The average molecular weight is 310 g/mol. The van der Waals surface area contributed by atoms with Crippen LogP contribution in [0.25, 0.3) is 0 Å². The van der Waals surface area contributed by atoms with Gasteiger partial charge in [-0.25, -0.2) is 4.98 Å². The standard InChI is InChI=1S/C17H31N3S/c1-7-13(8-2)20(6)16-19-15(17(3,4)5)14(21-16)11-18-12-9-10-12/h12-13,18H,7-11H2,1-6H3. The number of nitrogens with zero attached hydrogens (tertiary/aromatic N) is 2. The highest BCUT2D eigenvalue weighted by Crippen LogP contribution is 2.35. The molecule has 1 aromatic rings. The molecule has 0 aromatic carbocycles. The molecular formula is C17H31N3S. The third-order valence-corrected chi connectivity index (χ3v) is 5.46. The van der Waals surface area contributed by atoms with Crippen molar-refractivity contribution in [3.05, 3.63) is 10.6 Å². The lowest BCUT2D eigenvalue weighted by Gasteiger charge is -2.25. The van der Waals surface area contributed by atoms with Crippen LogP contribution in [0, 0.1) is 0 Å². The number of rotatable bonds is 7. The summed E-state index contributed by atoms with van der Waals surface area (Å²) in [6.45, 7) is 12.3. The molecule has 0 aliphatic heterocycles. The Kier molecular flexibility index (Phi) is 5.31. The summed E-state index contributed by atoms with van der Waals surface area (Å²) < 4.78 is 0. The third-order valence-electron chi connectivity index (χ3n) is 4.32. The fraction of sp³-hybridized carbons (Fsp3) is 0.824. The Balaban J connectivity index is 2.21. The minimum atomic E-state index is 0.115. The van der Waals surface area contributed by atoms with Crippen LogP contribution in [0.2, 0.25) is 0 Å². The molecule has 0 radical (unpaired) electrons. The number of nitrogens with one attached hydrogen (secondary N) is 1. The molecule has 0 saturated heterocycles. The van der Waals surface area contributed by atoms with E-state index in [9.17, 15) is 0 Å². The Morgan fingerprint density at radius 3 is 2.38 bits per heavy atom. The van der Waals surface area contributed by atoms with E-state index in [0.717, 1.165) is 12.6 Å². The predicted molar refractivity (Wildman–Crippen MR) is 93.4 cm³/mol. The van der Waals surface area contributed by atoms with Gasteiger partial charge in [-0.05, 0) is 25.7 Å². The molecule has 2 rings (SSSR count). The van der Waals surface area contributed by atoms with Crippen LogP contribution in [-0.2, 0) is 12.0 Å². The number of hydrogen-bond acceptors (Lipinski definition) is 4. The van der Waals surface area contributed by atoms with Crippen LogP contribution in [0.5, 0.6) is 0 Å². The predicted octanol–water partition coefficient (Wildman–Crippen LogP) is 4.32. The van der Waals surface area contributed by atoms with Crippen molar-refractivity contribution in [1.29, 1.82) is 0 Å². The van der Waals surface area contributed by atoms with Gasteiger partial charge in [-0.2, -0.15) is 0 Å². The summed E-state index contributed by atoms with van der Waals surface area (Å²) in [7, 11) is 2.20. The highest BCUT2D eigenvalue weighted by Gasteiger charge is 2.27. The first kappa shape index (κ1) is 16.8. The zero-order chi connectivity index (χ0) is 15.6. The largest absolute Gasteiger partial charge is 0.348 e. The van der Waals surface area contributed by atoms with Gasteiger partial charge in [0.15, 0.2) is 5.13 Å². The summed E-state index contributed by atoms with van der Waals surface area (Å²) in [4.78, 5) is 8.80. The maximum absolute atomic E-state index is 5.00. The van der Waals surface area contributed by atoms with E-state index in [2.05, 4.69) is 51.9 Å². The molecule has 120 valence electrons. The van der Waals surface area contributed by atoms with Gasteiger partial charge in [0.2, 0.25) is 0 Å². The summed E-state index contributed by atoms with van der Waals surface area (Å²) in [6.07, 6.45) is 5.02. The second-order valence-corrected chi connectivity index (χ2v) is 8.32. The Bertz CT molecular complexity index is 453. The monoisotopic (exact) mass is 309 g/mol. The molecular weight excluding hydrogens is 278 g/mol. The maximum atomic E-state index is 5.00. The first-order chi connectivity index (χ1) is 9.86. The Morgan fingerprint density at radius 2 is 1.90 bits per heavy atom. The highest BCUT2D eigenvalue weighted by molar-refractivity contribution is 7.15. The highest BCUT2D eigenvalue weighted by atomic mass is 32.1. The van der Waals surface area contributed by atoms with Crippen LogP contribution in [-0.4, -0.2) is 24.1 Å². The first-order valence-electron chi connectivity index (χ1n) is 8.33. The van der Waals surface area contributed by atoms with Crippen LogP contribution >= 0.6 is 11.3 Å². The quantitative estimate of drug-likeness (QED) is 0.813. The maximum Gasteiger partial charge on any atom is 0.185 e. The first-order valence-corrected chi connectivity index (χ1v) is 9.14. The van der Waals surface area contributed by atoms with Crippen LogP contribution < -0.4 is 10.2 Å². The molecule has 1 N–H and O–H groups in total. The minimum absolute atomic E-state index is 0.115. The topological polar surface area (TPSA) is 28.2 Å². The third kappa shape index (κ3) is 4.19. The molecule has 1 aliphatic carbocycles. The fourth-order valence-corrected chi connectivity index (χ4v) is 3.97. The van der Waals surface area contributed by atoms with E-state index in [1.807, 2.05) is 11.3 Å². The summed E-state index contributed by atoms with van der Waals surface area (Å²) >= 11 is 1.88. The van der Waals surface area contributed by atoms with Crippen molar-refractivity contribution in [2.24, 2.45) is 0 Å².